The van der Waals surface area contributed by atoms with Gasteiger partial charge < -0.3 is 10.1 Å². The first-order valence-corrected chi connectivity index (χ1v) is 11.4. The quantitative estimate of drug-likeness (QED) is 0.439. The molecule has 0 aliphatic heterocycles. The fraction of sp³-hybridized carbons (Fsp3) is 0.0952. The summed E-state index contributed by atoms with van der Waals surface area (Å²) < 4.78 is 33.9. The molecule has 3 aromatic rings. The summed E-state index contributed by atoms with van der Waals surface area (Å²) in [7, 11) is -3.75. The molecule has 0 saturated heterocycles. The first-order valence-electron chi connectivity index (χ1n) is 8.80. The lowest BCUT2D eigenvalue weighted by molar-refractivity contribution is 0.102. The van der Waals surface area contributed by atoms with Crippen LogP contribution in [0.3, 0.4) is 0 Å². The van der Waals surface area contributed by atoms with Crippen LogP contribution in [0.5, 0.6) is 5.75 Å². The van der Waals surface area contributed by atoms with Crippen LogP contribution in [0.4, 0.5) is 11.4 Å². The second kappa shape index (κ2) is 9.27. The summed E-state index contributed by atoms with van der Waals surface area (Å²) in [6, 6.07) is 19.9. The van der Waals surface area contributed by atoms with Gasteiger partial charge in [-0.05, 0) is 90.2 Å². The molecule has 0 spiro atoms. The van der Waals surface area contributed by atoms with Crippen molar-refractivity contribution < 1.29 is 17.9 Å². The summed E-state index contributed by atoms with van der Waals surface area (Å²) >= 11 is 2.09. The van der Waals surface area contributed by atoms with Crippen LogP contribution in [0.25, 0.3) is 0 Å². The highest BCUT2D eigenvalue weighted by atomic mass is 127. The molecule has 29 heavy (non-hydrogen) atoms. The molecule has 8 heteroatoms. The molecule has 1 amide bonds. The molecule has 0 heterocycles. The van der Waals surface area contributed by atoms with E-state index in [1.54, 1.807) is 48.5 Å². The number of nitrogens with one attached hydrogen (secondary N) is 2. The molecule has 0 aliphatic carbocycles. The summed E-state index contributed by atoms with van der Waals surface area (Å²) in [5.41, 5.74) is 1.50. The Kier molecular flexibility index (Phi) is 6.75. The third-order valence-electron chi connectivity index (χ3n) is 3.96. The van der Waals surface area contributed by atoms with Crippen molar-refractivity contribution in [3.8, 4) is 5.75 Å². The maximum absolute atomic E-state index is 12.6. The summed E-state index contributed by atoms with van der Waals surface area (Å²) in [5, 5.41) is 2.77. The van der Waals surface area contributed by atoms with Gasteiger partial charge in [0, 0.05) is 14.9 Å². The number of hydrogen-bond donors (Lipinski definition) is 2. The molecule has 0 radical (unpaired) electrons. The molecule has 0 bridgehead atoms. The van der Waals surface area contributed by atoms with Crippen LogP contribution in [-0.4, -0.2) is 20.9 Å². The average Bonchev–Trinajstić information content (AvgIpc) is 2.70. The first kappa shape index (κ1) is 21.1. The number of ether oxygens (including phenoxy) is 1. The van der Waals surface area contributed by atoms with Gasteiger partial charge in [0.05, 0.1) is 17.1 Å². The first-order chi connectivity index (χ1) is 13.9. The Labute approximate surface area is 183 Å². The lowest BCUT2D eigenvalue weighted by Gasteiger charge is -2.11. The van der Waals surface area contributed by atoms with Gasteiger partial charge in [0.15, 0.2) is 0 Å². The lowest BCUT2D eigenvalue weighted by atomic mass is 10.2. The molecule has 0 aliphatic rings. The zero-order valence-electron chi connectivity index (χ0n) is 15.6. The SMILES string of the molecule is CCOc1ccc(NS(=O)(=O)c2ccc(NC(=O)c3ccccc3I)cc2)cc1. The van der Waals surface area contributed by atoms with Gasteiger partial charge >= 0.3 is 0 Å². The van der Waals surface area contributed by atoms with E-state index in [0.29, 0.717) is 29.3 Å². The Bertz CT molecular complexity index is 1100. The fourth-order valence-corrected chi connectivity index (χ4v) is 4.25. The Hall–Kier alpha value is -2.59. The molecule has 3 rings (SSSR count). The van der Waals surface area contributed by atoms with Crippen molar-refractivity contribution in [3.63, 3.8) is 0 Å². The van der Waals surface area contributed by atoms with Crippen LogP contribution >= 0.6 is 22.6 Å². The van der Waals surface area contributed by atoms with Crippen molar-refractivity contribution in [2.24, 2.45) is 0 Å². The molecule has 6 nitrogen and oxygen atoms in total. The summed E-state index contributed by atoms with van der Waals surface area (Å²) in [4.78, 5) is 12.5. The van der Waals surface area contributed by atoms with Gasteiger partial charge in [-0.2, -0.15) is 0 Å². The van der Waals surface area contributed by atoms with E-state index < -0.39 is 10.0 Å². The summed E-state index contributed by atoms with van der Waals surface area (Å²) in [6.45, 7) is 2.42. The molecule has 0 fully saturated rings. The number of amides is 1. The largest absolute Gasteiger partial charge is 0.494 e. The summed E-state index contributed by atoms with van der Waals surface area (Å²) in [5.74, 6) is 0.418. The fourth-order valence-electron chi connectivity index (χ4n) is 2.56. The smallest absolute Gasteiger partial charge is 0.261 e. The molecule has 0 saturated carbocycles. The minimum atomic E-state index is -3.75. The highest BCUT2D eigenvalue weighted by molar-refractivity contribution is 14.1. The van der Waals surface area contributed by atoms with E-state index in [-0.39, 0.29) is 10.8 Å². The Morgan fingerprint density at radius 2 is 1.55 bits per heavy atom. The Morgan fingerprint density at radius 3 is 2.17 bits per heavy atom. The van der Waals surface area contributed by atoms with Crippen LogP contribution in [0.1, 0.15) is 17.3 Å². The second-order valence-corrected chi connectivity index (χ2v) is 8.87. The van der Waals surface area contributed by atoms with Crippen molar-refractivity contribution in [2.45, 2.75) is 11.8 Å². The van der Waals surface area contributed by atoms with Crippen LogP contribution in [0, 0.1) is 3.57 Å². The van der Waals surface area contributed by atoms with Crippen molar-refractivity contribution in [3.05, 3.63) is 81.9 Å². The number of sulfonamides is 1. The maximum atomic E-state index is 12.6. The Morgan fingerprint density at radius 1 is 0.931 bits per heavy atom. The maximum Gasteiger partial charge on any atom is 0.261 e. The van der Waals surface area contributed by atoms with Crippen LogP contribution in [0.15, 0.2) is 77.7 Å². The van der Waals surface area contributed by atoms with Gasteiger partial charge in [-0.15, -0.1) is 0 Å². The molecular formula is C21H19IN2O4S. The van der Waals surface area contributed by atoms with Crippen molar-refractivity contribution in [1.29, 1.82) is 0 Å². The molecule has 0 aromatic heterocycles. The monoisotopic (exact) mass is 522 g/mol. The number of anilines is 2. The number of hydrogen-bond acceptors (Lipinski definition) is 4. The number of rotatable bonds is 7. The van der Waals surface area contributed by atoms with Gasteiger partial charge in [-0.3, -0.25) is 9.52 Å². The minimum absolute atomic E-state index is 0.0960. The van der Waals surface area contributed by atoms with Crippen molar-refractivity contribution in [2.75, 3.05) is 16.6 Å². The van der Waals surface area contributed by atoms with E-state index in [2.05, 4.69) is 32.6 Å². The molecule has 2 N–H and O–H groups in total. The molecule has 150 valence electrons. The number of halogens is 1. The average molecular weight is 522 g/mol. The predicted octanol–water partition coefficient (Wildman–Crippen LogP) is 4.74. The molecule has 0 unspecified atom stereocenters. The molecule has 3 aromatic carbocycles. The van der Waals surface area contributed by atoms with Crippen molar-refractivity contribution >= 4 is 49.9 Å². The second-order valence-electron chi connectivity index (χ2n) is 6.02. The normalized spacial score (nSPS) is 11.0. The summed E-state index contributed by atoms with van der Waals surface area (Å²) in [6.07, 6.45) is 0. The highest BCUT2D eigenvalue weighted by Crippen LogP contribution is 2.21. The van der Waals surface area contributed by atoms with Gasteiger partial charge in [0.1, 0.15) is 5.75 Å². The zero-order valence-corrected chi connectivity index (χ0v) is 18.5. The predicted molar refractivity (Wildman–Crippen MR) is 122 cm³/mol. The van der Waals surface area contributed by atoms with Gasteiger partial charge in [-0.1, -0.05) is 12.1 Å². The zero-order chi connectivity index (χ0) is 20.9. The van der Waals surface area contributed by atoms with E-state index in [0.717, 1.165) is 3.57 Å². The van der Waals surface area contributed by atoms with E-state index >= 15 is 0 Å². The number of carbonyl (C=O) groups is 1. The van der Waals surface area contributed by atoms with Crippen molar-refractivity contribution in [1.82, 2.24) is 0 Å². The van der Waals surface area contributed by atoms with Crippen LogP contribution in [0.2, 0.25) is 0 Å². The Balaban J connectivity index is 1.70. The van der Waals surface area contributed by atoms with Gasteiger partial charge in [-0.25, -0.2) is 8.42 Å². The highest BCUT2D eigenvalue weighted by Gasteiger charge is 2.15. The standard InChI is InChI=1S/C21H19IN2O4S/c1-2-28-17-11-7-16(8-12-17)24-29(26,27)18-13-9-15(10-14-18)23-21(25)19-5-3-4-6-20(19)22/h3-14,24H,2H2,1H3,(H,23,25). The lowest BCUT2D eigenvalue weighted by Crippen LogP contribution is -2.15. The van der Waals surface area contributed by atoms with E-state index in [9.17, 15) is 13.2 Å². The van der Waals surface area contributed by atoms with E-state index in [4.69, 9.17) is 4.74 Å². The third-order valence-corrected chi connectivity index (χ3v) is 6.30. The van der Waals surface area contributed by atoms with Gasteiger partial charge in [0.2, 0.25) is 0 Å². The van der Waals surface area contributed by atoms with Crippen LogP contribution in [-0.2, 0) is 10.0 Å². The van der Waals surface area contributed by atoms with Gasteiger partial charge in [0.25, 0.3) is 15.9 Å². The molecular weight excluding hydrogens is 503 g/mol. The minimum Gasteiger partial charge on any atom is -0.494 e. The number of carbonyl (C=O) groups excluding carboxylic acids is 1. The van der Waals surface area contributed by atoms with E-state index in [1.807, 2.05) is 19.1 Å². The van der Waals surface area contributed by atoms with Crippen LogP contribution < -0.4 is 14.8 Å². The third kappa shape index (κ3) is 5.48. The topological polar surface area (TPSA) is 84.5 Å². The number of benzene rings is 3. The van der Waals surface area contributed by atoms with E-state index in [1.165, 1.54) is 12.1 Å². The molecule has 0 atom stereocenters.